The number of ether oxygens (including phenoxy) is 1. The largest absolute Gasteiger partial charge is 0.483 e. The fourth-order valence-electron chi connectivity index (χ4n) is 2.96. The van der Waals surface area contributed by atoms with Gasteiger partial charge in [-0.1, -0.05) is 68.4 Å². The van der Waals surface area contributed by atoms with E-state index in [1.807, 2.05) is 61.5 Å². The van der Waals surface area contributed by atoms with E-state index in [1.165, 1.54) is 0 Å². The number of amides is 1. The summed E-state index contributed by atoms with van der Waals surface area (Å²) in [5.74, 6) is 0.786. The Bertz CT molecular complexity index is 972. The summed E-state index contributed by atoms with van der Waals surface area (Å²) in [4.78, 5) is 12.1. The molecule has 0 aliphatic rings. The summed E-state index contributed by atoms with van der Waals surface area (Å²) in [5.41, 5.74) is 5.68. The fourth-order valence-corrected chi connectivity index (χ4v) is 2.96. The molecule has 0 spiro atoms. The van der Waals surface area contributed by atoms with Gasteiger partial charge in [0.25, 0.3) is 5.91 Å². The Morgan fingerprint density at radius 2 is 1.89 bits per heavy atom. The van der Waals surface area contributed by atoms with Crippen molar-refractivity contribution in [1.29, 1.82) is 0 Å². The smallest absolute Gasteiger partial charge is 0.277 e. The molecule has 4 nitrogen and oxygen atoms in total. The second kappa shape index (κ2) is 8.49. The molecule has 0 fully saturated rings. The van der Waals surface area contributed by atoms with E-state index in [0.29, 0.717) is 5.92 Å². The van der Waals surface area contributed by atoms with Gasteiger partial charge >= 0.3 is 0 Å². The second-order valence-corrected chi connectivity index (χ2v) is 6.85. The third-order valence-electron chi connectivity index (χ3n) is 4.37. The van der Waals surface area contributed by atoms with Crippen LogP contribution in [0.4, 0.5) is 0 Å². The molecule has 0 aromatic heterocycles. The van der Waals surface area contributed by atoms with Gasteiger partial charge in [0.05, 0.1) is 6.21 Å². The lowest BCUT2D eigenvalue weighted by molar-refractivity contribution is -0.123. The van der Waals surface area contributed by atoms with Crippen molar-refractivity contribution >= 4 is 22.9 Å². The maximum atomic E-state index is 12.1. The van der Waals surface area contributed by atoms with E-state index in [9.17, 15) is 4.79 Å². The van der Waals surface area contributed by atoms with Crippen LogP contribution in [0.25, 0.3) is 10.8 Å². The van der Waals surface area contributed by atoms with E-state index in [0.717, 1.165) is 33.2 Å². The molecule has 4 heteroatoms. The number of carbonyl (C=O) groups is 1. The zero-order valence-corrected chi connectivity index (χ0v) is 15.9. The maximum absolute atomic E-state index is 12.1. The molecule has 1 N–H and O–H groups in total. The van der Waals surface area contributed by atoms with Gasteiger partial charge in [-0.2, -0.15) is 5.10 Å². The van der Waals surface area contributed by atoms with Crippen LogP contribution in [-0.2, 0) is 4.79 Å². The first kappa shape index (κ1) is 18.6. The minimum absolute atomic E-state index is 0.0734. The molecule has 3 aromatic carbocycles. The summed E-state index contributed by atoms with van der Waals surface area (Å²) >= 11 is 0. The number of hydrazone groups is 1. The average molecular weight is 360 g/mol. The molecule has 0 unspecified atom stereocenters. The Balaban J connectivity index is 1.62. The van der Waals surface area contributed by atoms with Gasteiger partial charge in [-0.15, -0.1) is 0 Å². The van der Waals surface area contributed by atoms with Crippen molar-refractivity contribution in [3.63, 3.8) is 0 Å². The topological polar surface area (TPSA) is 50.7 Å². The molecule has 3 rings (SSSR count). The molecule has 0 heterocycles. The molecule has 138 valence electrons. The summed E-state index contributed by atoms with van der Waals surface area (Å²) in [6, 6.07) is 20.1. The van der Waals surface area contributed by atoms with Crippen molar-refractivity contribution in [1.82, 2.24) is 5.43 Å². The molecule has 3 aromatic rings. The summed E-state index contributed by atoms with van der Waals surface area (Å²) in [6.45, 7) is 6.14. The van der Waals surface area contributed by atoms with Crippen LogP contribution in [0.2, 0.25) is 0 Å². The molecule has 27 heavy (non-hydrogen) atoms. The third kappa shape index (κ3) is 4.73. The van der Waals surface area contributed by atoms with Crippen LogP contribution < -0.4 is 10.2 Å². The van der Waals surface area contributed by atoms with Gasteiger partial charge < -0.3 is 4.74 Å². The lowest BCUT2D eigenvalue weighted by Crippen LogP contribution is -2.25. The minimum Gasteiger partial charge on any atom is -0.483 e. The number of nitrogens with one attached hydrogen (secondary N) is 1. The minimum atomic E-state index is -0.289. The van der Waals surface area contributed by atoms with E-state index in [4.69, 9.17) is 4.74 Å². The van der Waals surface area contributed by atoms with Crippen molar-refractivity contribution in [2.75, 3.05) is 6.61 Å². The van der Waals surface area contributed by atoms with Gasteiger partial charge in [-0.25, -0.2) is 5.43 Å². The first-order valence-corrected chi connectivity index (χ1v) is 9.07. The summed E-state index contributed by atoms with van der Waals surface area (Å²) in [6.07, 6.45) is 1.66. The van der Waals surface area contributed by atoms with Gasteiger partial charge in [0.1, 0.15) is 5.75 Å². The molecule has 0 atom stereocenters. The van der Waals surface area contributed by atoms with Crippen LogP contribution in [0.1, 0.15) is 36.5 Å². The SMILES string of the molecule is Cc1ccc(C(C)C)c(OCC(=O)N/N=C/c2cccc3ccccc23)c1. The van der Waals surface area contributed by atoms with Gasteiger partial charge in [0, 0.05) is 5.56 Å². The summed E-state index contributed by atoms with van der Waals surface area (Å²) < 4.78 is 5.73. The van der Waals surface area contributed by atoms with Crippen LogP contribution in [-0.4, -0.2) is 18.7 Å². The first-order valence-electron chi connectivity index (χ1n) is 9.07. The van der Waals surface area contributed by atoms with Crippen LogP contribution >= 0.6 is 0 Å². The summed E-state index contributed by atoms with van der Waals surface area (Å²) in [7, 11) is 0. The van der Waals surface area contributed by atoms with Crippen LogP contribution in [0, 0.1) is 6.92 Å². The highest BCUT2D eigenvalue weighted by Crippen LogP contribution is 2.27. The Morgan fingerprint density at radius 3 is 2.70 bits per heavy atom. The lowest BCUT2D eigenvalue weighted by atomic mass is 10.0. The Hall–Kier alpha value is -3.14. The second-order valence-electron chi connectivity index (χ2n) is 6.85. The van der Waals surface area contributed by atoms with Crippen molar-refractivity contribution in [3.8, 4) is 5.75 Å². The number of hydrogen-bond acceptors (Lipinski definition) is 3. The van der Waals surface area contributed by atoms with Gasteiger partial charge in [-0.3, -0.25) is 4.79 Å². The van der Waals surface area contributed by atoms with Gasteiger partial charge in [0.2, 0.25) is 0 Å². The molecule has 0 saturated carbocycles. The Kier molecular flexibility index (Phi) is 5.87. The predicted molar refractivity (Wildman–Crippen MR) is 110 cm³/mol. The molecule has 0 saturated heterocycles. The molecular formula is C23H24N2O2. The van der Waals surface area contributed by atoms with E-state index < -0.39 is 0 Å². The van der Waals surface area contributed by atoms with E-state index >= 15 is 0 Å². The zero-order chi connectivity index (χ0) is 19.2. The normalized spacial score (nSPS) is 11.3. The highest BCUT2D eigenvalue weighted by molar-refractivity contribution is 5.99. The molecule has 0 aliphatic heterocycles. The maximum Gasteiger partial charge on any atom is 0.277 e. The van der Waals surface area contributed by atoms with Crippen molar-refractivity contribution in [3.05, 3.63) is 77.4 Å². The quantitative estimate of drug-likeness (QED) is 0.507. The van der Waals surface area contributed by atoms with Crippen molar-refractivity contribution < 1.29 is 9.53 Å². The standard InChI is InChI=1S/C23H24N2O2/c1-16(2)20-12-11-17(3)13-22(20)27-15-23(26)25-24-14-19-9-6-8-18-7-4-5-10-21(18)19/h4-14,16H,15H2,1-3H3,(H,25,26)/b24-14+. The third-order valence-corrected chi connectivity index (χ3v) is 4.37. The molecule has 0 bridgehead atoms. The Morgan fingerprint density at radius 1 is 1.11 bits per heavy atom. The molecule has 1 amide bonds. The van der Waals surface area contributed by atoms with Gasteiger partial charge in [0.15, 0.2) is 6.61 Å². The first-order chi connectivity index (χ1) is 13.0. The molecule has 0 radical (unpaired) electrons. The van der Waals surface area contributed by atoms with Crippen molar-refractivity contribution in [2.45, 2.75) is 26.7 Å². The van der Waals surface area contributed by atoms with Gasteiger partial charge in [-0.05, 0) is 40.8 Å². The van der Waals surface area contributed by atoms with Crippen LogP contribution in [0.3, 0.4) is 0 Å². The fraction of sp³-hybridized carbons (Fsp3) is 0.217. The molecule has 0 aliphatic carbocycles. The van der Waals surface area contributed by atoms with E-state index in [-0.39, 0.29) is 12.5 Å². The monoisotopic (exact) mass is 360 g/mol. The van der Waals surface area contributed by atoms with Crippen LogP contribution in [0.15, 0.2) is 65.8 Å². The highest BCUT2D eigenvalue weighted by Gasteiger charge is 2.10. The average Bonchev–Trinajstić information content (AvgIpc) is 2.66. The molecular weight excluding hydrogens is 336 g/mol. The number of carbonyl (C=O) groups excluding carboxylic acids is 1. The van der Waals surface area contributed by atoms with Crippen LogP contribution in [0.5, 0.6) is 5.75 Å². The predicted octanol–water partition coefficient (Wildman–Crippen LogP) is 4.80. The number of benzene rings is 3. The summed E-state index contributed by atoms with van der Waals surface area (Å²) in [5, 5.41) is 6.30. The zero-order valence-electron chi connectivity index (χ0n) is 15.9. The van der Waals surface area contributed by atoms with E-state index in [2.05, 4.69) is 30.4 Å². The number of rotatable bonds is 6. The number of nitrogens with zero attached hydrogens (tertiary/aromatic N) is 1. The Labute approximate surface area is 159 Å². The highest BCUT2D eigenvalue weighted by atomic mass is 16.5. The van der Waals surface area contributed by atoms with E-state index in [1.54, 1.807) is 6.21 Å². The number of fused-ring (bicyclic) bond motifs is 1. The number of hydrogen-bond donors (Lipinski definition) is 1. The lowest BCUT2D eigenvalue weighted by Gasteiger charge is -2.14. The van der Waals surface area contributed by atoms with Crippen molar-refractivity contribution in [2.24, 2.45) is 5.10 Å². The number of aryl methyl sites for hydroxylation is 1.